The van der Waals surface area contributed by atoms with Crippen molar-refractivity contribution < 1.29 is 9.53 Å². The van der Waals surface area contributed by atoms with Gasteiger partial charge in [0.25, 0.3) is 0 Å². The summed E-state index contributed by atoms with van der Waals surface area (Å²) in [5.41, 5.74) is 0.863. The third kappa shape index (κ3) is 1.59. The van der Waals surface area contributed by atoms with E-state index in [4.69, 9.17) is 4.74 Å². The molecule has 1 heterocycles. The van der Waals surface area contributed by atoms with Crippen LogP contribution in [0.2, 0.25) is 0 Å². The Bertz CT molecular complexity index is 159. The minimum absolute atomic E-state index is 0.117. The molecule has 2 heteroatoms. The molecule has 0 aromatic rings. The number of unbranched alkanes of at least 4 members (excludes halogenated alkanes) is 1. The molecule has 1 aliphatic heterocycles. The maximum absolute atomic E-state index is 10.8. The summed E-state index contributed by atoms with van der Waals surface area (Å²) in [7, 11) is 0. The number of cyclic esters (lactones) is 1. The first kappa shape index (κ1) is 7.32. The van der Waals surface area contributed by atoms with Crippen LogP contribution >= 0.6 is 0 Å². The van der Waals surface area contributed by atoms with Gasteiger partial charge in [-0.3, -0.25) is 0 Å². The Balaban J connectivity index is 2.46. The molecule has 2 nitrogen and oxygen atoms in total. The van der Waals surface area contributed by atoms with E-state index in [2.05, 4.69) is 6.92 Å². The molecule has 0 aliphatic carbocycles. The van der Waals surface area contributed by atoms with Crippen molar-refractivity contribution in [3.8, 4) is 0 Å². The summed E-state index contributed by atoms with van der Waals surface area (Å²) in [6.45, 7) is 2.67. The largest absolute Gasteiger partial charge is 0.462 e. The molecule has 0 radical (unpaired) electrons. The maximum atomic E-state index is 10.8. The molecule has 10 heavy (non-hydrogen) atoms. The van der Waals surface area contributed by atoms with E-state index in [9.17, 15) is 4.79 Å². The minimum Gasteiger partial charge on any atom is -0.462 e. The predicted molar refractivity (Wildman–Crippen MR) is 38.6 cm³/mol. The Morgan fingerprint density at radius 2 is 2.50 bits per heavy atom. The third-order valence-electron chi connectivity index (χ3n) is 1.55. The van der Waals surface area contributed by atoms with Gasteiger partial charge in [0.05, 0.1) is 6.61 Å². The van der Waals surface area contributed by atoms with Crippen LogP contribution in [0, 0.1) is 0 Å². The first-order valence-corrected chi connectivity index (χ1v) is 3.70. The predicted octanol–water partition coefficient (Wildman–Crippen LogP) is 1.66. The van der Waals surface area contributed by atoms with Crippen LogP contribution in [-0.2, 0) is 9.53 Å². The fourth-order valence-corrected chi connectivity index (χ4v) is 0.952. The highest BCUT2D eigenvalue weighted by atomic mass is 16.5. The van der Waals surface area contributed by atoms with E-state index in [-0.39, 0.29) is 5.97 Å². The Labute approximate surface area is 60.9 Å². The summed E-state index contributed by atoms with van der Waals surface area (Å²) in [5, 5.41) is 0. The van der Waals surface area contributed by atoms with E-state index in [1.165, 1.54) is 0 Å². The van der Waals surface area contributed by atoms with E-state index in [0.29, 0.717) is 6.61 Å². The lowest BCUT2D eigenvalue weighted by atomic mass is 10.2. The van der Waals surface area contributed by atoms with Gasteiger partial charge >= 0.3 is 5.97 Å². The van der Waals surface area contributed by atoms with Crippen LogP contribution < -0.4 is 0 Å². The van der Waals surface area contributed by atoms with Crippen molar-refractivity contribution in [2.24, 2.45) is 0 Å². The van der Waals surface area contributed by atoms with E-state index >= 15 is 0 Å². The van der Waals surface area contributed by atoms with Crippen molar-refractivity contribution in [1.82, 2.24) is 0 Å². The number of rotatable bonds is 2. The molecule has 1 rings (SSSR count). The first-order chi connectivity index (χ1) is 4.84. The SMILES string of the molecule is CCC/C=C1\CCOC1=O. The highest BCUT2D eigenvalue weighted by Crippen LogP contribution is 2.13. The zero-order valence-electron chi connectivity index (χ0n) is 6.22. The van der Waals surface area contributed by atoms with Crippen molar-refractivity contribution in [2.45, 2.75) is 26.2 Å². The number of ether oxygens (including phenoxy) is 1. The van der Waals surface area contributed by atoms with Crippen LogP contribution in [0.25, 0.3) is 0 Å². The molecule has 1 saturated heterocycles. The lowest BCUT2D eigenvalue weighted by molar-refractivity contribution is -0.135. The van der Waals surface area contributed by atoms with Crippen molar-refractivity contribution in [1.29, 1.82) is 0 Å². The molecule has 0 N–H and O–H groups in total. The van der Waals surface area contributed by atoms with Crippen LogP contribution in [0.5, 0.6) is 0 Å². The Hall–Kier alpha value is -0.790. The molecule has 0 spiro atoms. The van der Waals surface area contributed by atoms with Crippen LogP contribution in [0.3, 0.4) is 0 Å². The first-order valence-electron chi connectivity index (χ1n) is 3.70. The van der Waals surface area contributed by atoms with Gasteiger partial charge in [-0.25, -0.2) is 4.79 Å². The van der Waals surface area contributed by atoms with Gasteiger partial charge in [-0.05, 0) is 6.42 Å². The van der Waals surface area contributed by atoms with Gasteiger partial charge < -0.3 is 4.74 Å². The van der Waals surface area contributed by atoms with E-state index < -0.39 is 0 Å². The van der Waals surface area contributed by atoms with Gasteiger partial charge in [0, 0.05) is 12.0 Å². The lowest BCUT2D eigenvalue weighted by Crippen LogP contribution is -1.93. The molecule has 0 unspecified atom stereocenters. The number of hydrogen-bond acceptors (Lipinski definition) is 2. The molecular weight excluding hydrogens is 128 g/mol. The smallest absolute Gasteiger partial charge is 0.333 e. The molecule has 1 aliphatic rings. The van der Waals surface area contributed by atoms with Crippen LogP contribution in [-0.4, -0.2) is 12.6 Å². The molecular formula is C8H12O2. The quantitative estimate of drug-likeness (QED) is 0.430. The summed E-state index contributed by atoms with van der Waals surface area (Å²) in [5.74, 6) is -0.117. The molecule has 0 amide bonds. The van der Waals surface area contributed by atoms with Crippen molar-refractivity contribution in [3.63, 3.8) is 0 Å². The summed E-state index contributed by atoms with van der Waals surface area (Å²) in [6.07, 6.45) is 4.87. The second-order valence-electron chi connectivity index (χ2n) is 2.40. The van der Waals surface area contributed by atoms with Gasteiger partial charge in [0.1, 0.15) is 0 Å². The fourth-order valence-electron chi connectivity index (χ4n) is 0.952. The molecule has 0 saturated carbocycles. The number of allylic oxidation sites excluding steroid dienone is 1. The number of hydrogen-bond donors (Lipinski definition) is 0. The fraction of sp³-hybridized carbons (Fsp3) is 0.625. The number of carbonyl (C=O) groups is 1. The van der Waals surface area contributed by atoms with Gasteiger partial charge in [-0.1, -0.05) is 19.4 Å². The average molecular weight is 140 g/mol. The van der Waals surface area contributed by atoms with Gasteiger partial charge in [-0.15, -0.1) is 0 Å². The van der Waals surface area contributed by atoms with E-state index in [1.807, 2.05) is 6.08 Å². The van der Waals surface area contributed by atoms with E-state index in [0.717, 1.165) is 24.8 Å². The normalized spacial score (nSPS) is 21.7. The molecule has 0 aromatic carbocycles. The van der Waals surface area contributed by atoms with Gasteiger partial charge in [0.2, 0.25) is 0 Å². The highest BCUT2D eigenvalue weighted by Gasteiger charge is 2.17. The molecule has 0 atom stereocenters. The lowest BCUT2D eigenvalue weighted by Gasteiger charge is -1.89. The van der Waals surface area contributed by atoms with Crippen molar-refractivity contribution >= 4 is 5.97 Å². The van der Waals surface area contributed by atoms with Gasteiger partial charge in [-0.2, -0.15) is 0 Å². The standard InChI is InChI=1S/C8H12O2/c1-2-3-4-7-5-6-10-8(7)9/h4H,2-3,5-6H2,1H3/b7-4+. The third-order valence-corrected chi connectivity index (χ3v) is 1.55. The Morgan fingerprint density at radius 1 is 1.70 bits per heavy atom. The summed E-state index contributed by atoms with van der Waals surface area (Å²) < 4.78 is 4.76. The molecule has 0 bridgehead atoms. The molecule has 0 aromatic heterocycles. The summed E-state index contributed by atoms with van der Waals surface area (Å²) in [4.78, 5) is 10.8. The van der Waals surface area contributed by atoms with E-state index in [1.54, 1.807) is 0 Å². The Morgan fingerprint density at radius 3 is 3.00 bits per heavy atom. The summed E-state index contributed by atoms with van der Waals surface area (Å²) >= 11 is 0. The average Bonchev–Trinajstić information content (AvgIpc) is 2.31. The second kappa shape index (κ2) is 3.40. The van der Waals surface area contributed by atoms with Crippen LogP contribution in [0.1, 0.15) is 26.2 Å². The zero-order chi connectivity index (χ0) is 7.40. The highest BCUT2D eigenvalue weighted by molar-refractivity contribution is 5.90. The maximum Gasteiger partial charge on any atom is 0.333 e. The second-order valence-corrected chi connectivity index (χ2v) is 2.40. The van der Waals surface area contributed by atoms with Crippen molar-refractivity contribution in [3.05, 3.63) is 11.6 Å². The Kier molecular flexibility index (Phi) is 2.49. The van der Waals surface area contributed by atoms with Crippen LogP contribution in [0.15, 0.2) is 11.6 Å². The van der Waals surface area contributed by atoms with Gasteiger partial charge in [0.15, 0.2) is 0 Å². The van der Waals surface area contributed by atoms with Crippen LogP contribution in [0.4, 0.5) is 0 Å². The zero-order valence-corrected chi connectivity index (χ0v) is 6.22. The number of carbonyl (C=O) groups excluding carboxylic acids is 1. The van der Waals surface area contributed by atoms with Crippen molar-refractivity contribution in [2.75, 3.05) is 6.61 Å². The molecule has 1 fully saturated rings. The minimum atomic E-state index is -0.117. The summed E-state index contributed by atoms with van der Waals surface area (Å²) in [6, 6.07) is 0. The molecule has 56 valence electrons. The monoisotopic (exact) mass is 140 g/mol. The number of esters is 1. The topological polar surface area (TPSA) is 26.3 Å².